The minimum Gasteiger partial charge on any atom is -0.481 e. The van der Waals surface area contributed by atoms with E-state index in [1.54, 1.807) is 13.8 Å². The summed E-state index contributed by atoms with van der Waals surface area (Å²) in [6, 6.07) is 0. The van der Waals surface area contributed by atoms with Crippen LogP contribution >= 0.6 is 11.8 Å². The third-order valence-corrected chi connectivity index (χ3v) is 3.02. The average molecular weight is 269 g/mol. The van der Waals surface area contributed by atoms with Crippen LogP contribution in [0.4, 0.5) is 0 Å². The molecule has 0 radical (unpaired) electrons. The molecule has 0 aliphatic carbocycles. The molecule has 2 aromatic heterocycles. The van der Waals surface area contributed by atoms with Crippen LogP contribution in [-0.2, 0) is 4.79 Å². The van der Waals surface area contributed by atoms with E-state index >= 15 is 0 Å². The number of thioether (sulfide) groups is 1. The van der Waals surface area contributed by atoms with Gasteiger partial charge in [0.05, 0.1) is 11.4 Å². The summed E-state index contributed by atoms with van der Waals surface area (Å²) in [5.41, 5.74) is 0.654. The number of aliphatic carboxylic acids is 1. The minimum atomic E-state index is -0.948. The maximum absolute atomic E-state index is 10.5. The molecule has 8 nitrogen and oxygen atoms in total. The SMILES string of the molecule is Cc1nc(C)c(-c2nnc(SCC(=O)O)n2N)o1. The van der Waals surface area contributed by atoms with Crippen molar-refractivity contribution in [2.75, 3.05) is 11.6 Å². The molecule has 0 atom stereocenters. The van der Waals surface area contributed by atoms with Gasteiger partial charge in [0.2, 0.25) is 11.0 Å². The van der Waals surface area contributed by atoms with E-state index in [0.717, 1.165) is 11.8 Å². The number of carboxylic acid groups (broad SMARTS) is 1. The molecular weight excluding hydrogens is 258 g/mol. The summed E-state index contributed by atoms with van der Waals surface area (Å²) in [6.07, 6.45) is 0. The first-order valence-corrected chi connectivity index (χ1v) is 5.97. The van der Waals surface area contributed by atoms with E-state index in [4.69, 9.17) is 15.4 Å². The van der Waals surface area contributed by atoms with Gasteiger partial charge in [-0.25, -0.2) is 9.66 Å². The molecule has 0 aliphatic rings. The second-order valence-electron chi connectivity index (χ2n) is 3.51. The molecule has 0 amide bonds. The number of nitrogens with two attached hydrogens (primary N) is 1. The molecule has 2 heterocycles. The van der Waals surface area contributed by atoms with Crippen molar-refractivity contribution < 1.29 is 14.3 Å². The van der Waals surface area contributed by atoms with Gasteiger partial charge in [-0.3, -0.25) is 4.79 Å². The zero-order valence-electron chi connectivity index (χ0n) is 9.75. The Balaban J connectivity index is 2.30. The van der Waals surface area contributed by atoms with E-state index in [1.165, 1.54) is 4.68 Å². The second-order valence-corrected chi connectivity index (χ2v) is 4.45. The molecule has 2 aromatic rings. The van der Waals surface area contributed by atoms with Gasteiger partial charge in [-0.05, 0) is 6.92 Å². The van der Waals surface area contributed by atoms with E-state index in [-0.39, 0.29) is 5.75 Å². The van der Waals surface area contributed by atoms with E-state index in [1.807, 2.05) is 0 Å². The Morgan fingerprint density at radius 3 is 2.78 bits per heavy atom. The Bertz CT molecular complexity index is 591. The lowest BCUT2D eigenvalue weighted by molar-refractivity contribution is -0.133. The molecule has 2 rings (SSSR count). The van der Waals surface area contributed by atoms with Crippen molar-refractivity contribution in [1.82, 2.24) is 19.9 Å². The molecule has 0 unspecified atom stereocenters. The number of oxazole rings is 1. The summed E-state index contributed by atoms with van der Waals surface area (Å²) in [6.45, 7) is 3.48. The standard InChI is InChI=1S/C9H11N5O3S/c1-4-7(17-5(2)11-4)8-12-13-9(14(8)10)18-3-6(15)16/h3,10H2,1-2H3,(H,15,16). The first kappa shape index (κ1) is 12.4. The van der Waals surface area contributed by atoms with Gasteiger partial charge in [0.15, 0.2) is 11.7 Å². The first-order valence-electron chi connectivity index (χ1n) is 4.98. The third-order valence-electron chi connectivity index (χ3n) is 2.10. The van der Waals surface area contributed by atoms with Crippen LogP contribution in [0.15, 0.2) is 9.57 Å². The zero-order chi connectivity index (χ0) is 13.3. The van der Waals surface area contributed by atoms with E-state index in [0.29, 0.717) is 28.3 Å². The number of aryl methyl sites for hydroxylation is 2. The van der Waals surface area contributed by atoms with Crippen LogP contribution in [0.1, 0.15) is 11.6 Å². The summed E-state index contributed by atoms with van der Waals surface area (Å²) in [5.74, 6) is 5.97. The molecular formula is C9H11N5O3S. The zero-order valence-corrected chi connectivity index (χ0v) is 10.6. The van der Waals surface area contributed by atoms with Crippen LogP contribution in [0.5, 0.6) is 0 Å². The smallest absolute Gasteiger partial charge is 0.313 e. The highest BCUT2D eigenvalue weighted by molar-refractivity contribution is 7.99. The van der Waals surface area contributed by atoms with Crippen molar-refractivity contribution in [3.63, 3.8) is 0 Å². The van der Waals surface area contributed by atoms with Crippen LogP contribution in [0.3, 0.4) is 0 Å². The third kappa shape index (κ3) is 2.30. The molecule has 0 saturated heterocycles. The van der Waals surface area contributed by atoms with Gasteiger partial charge in [0.1, 0.15) is 0 Å². The topological polar surface area (TPSA) is 120 Å². The molecule has 18 heavy (non-hydrogen) atoms. The van der Waals surface area contributed by atoms with Gasteiger partial charge in [0, 0.05) is 6.92 Å². The summed E-state index contributed by atoms with van der Waals surface area (Å²) in [5, 5.41) is 16.6. The summed E-state index contributed by atoms with van der Waals surface area (Å²) >= 11 is 0.986. The monoisotopic (exact) mass is 269 g/mol. The Kier molecular flexibility index (Phi) is 3.24. The first-order chi connectivity index (χ1) is 8.49. The van der Waals surface area contributed by atoms with Crippen LogP contribution in [0, 0.1) is 13.8 Å². The van der Waals surface area contributed by atoms with Crippen molar-refractivity contribution >= 4 is 17.7 Å². The Morgan fingerprint density at radius 1 is 1.50 bits per heavy atom. The van der Waals surface area contributed by atoms with E-state index in [2.05, 4.69) is 15.2 Å². The molecule has 0 fully saturated rings. The number of aromatic nitrogens is 4. The van der Waals surface area contributed by atoms with Crippen LogP contribution < -0.4 is 5.84 Å². The fourth-order valence-corrected chi connectivity index (χ4v) is 1.97. The number of hydrogen-bond acceptors (Lipinski definition) is 7. The maximum Gasteiger partial charge on any atom is 0.313 e. The highest BCUT2D eigenvalue weighted by Gasteiger charge is 2.19. The molecule has 3 N–H and O–H groups in total. The maximum atomic E-state index is 10.5. The number of carbonyl (C=O) groups is 1. The highest BCUT2D eigenvalue weighted by atomic mass is 32.2. The van der Waals surface area contributed by atoms with Crippen molar-refractivity contribution in [3.8, 4) is 11.6 Å². The van der Waals surface area contributed by atoms with E-state index < -0.39 is 5.97 Å². The number of nitrogens with zero attached hydrogens (tertiary/aromatic N) is 4. The number of hydrogen-bond donors (Lipinski definition) is 2. The van der Waals surface area contributed by atoms with Gasteiger partial charge < -0.3 is 15.4 Å². The van der Waals surface area contributed by atoms with Gasteiger partial charge in [0.25, 0.3) is 0 Å². The normalized spacial score (nSPS) is 10.8. The predicted molar refractivity (Wildman–Crippen MR) is 63.5 cm³/mol. The van der Waals surface area contributed by atoms with E-state index in [9.17, 15) is 4.79 Å². The quantitative estimate of drug-likeness (QED) is 0.606. The number of carboxylic acids is 1. The molecule has 0 spiro atoms. The lowest BCUT2D eigenvalue weighted by Crippen LogP contribution is -2.12. The number of rotatable bonds is 4. The van der Waals surface area contributed by atoms with Crippen LogP contribution in [0.25, 0.3) is 11.6 Å². The molecule has 0 saturated carbocycles. The van der Waals surface area contributed by atoms with Crippen molar-refractivity contribution in [2.45, 2.75) is 19.0 Å². The van der Waals surface area contributed by atoms with Crippen molar-refractivity contribution in [1.29, 1.82) is 0 Å². The fourth-order valence-electron chi connectivity index (χ4n) is 1.40. The van der Waals surface area contributed by atoms with Gasteiger partial charge in [-0.2, -0.15) is 0 Å². The molecule has 0 bridgehead atoms. The van der Waals surface area contributed by atoms with Gasteiger partial charge in [-0.15, -0.1) is 10.2 Å². The summed E-state index contributed by atoms with van der Waals surface area (Å²) < 4.78 is 6.58. The fraction of sp³-hybridized carbons (Fsp3) is 0.333. The van der Waals surface area contributed by atoms with Crippen LogP contribution in [0.2, 0.25) is 0 Å². The van der Waals surface area contributed by atoms with Gasteiger partial charge >= 0.3 is 5.97 Å². The van der Waals surface area contributed by atoms with Crippen molar-refractivity contribution in [2.24, 2.45) is 0 Å². The second kappa shape index (κ2) is 4.69. The lowest BCUT2D eigenvalue weighted by Gasteiger charge is -2.00. The van der Waals surface area contributed by atoms with Crippen molar-refractivity contribution in [3.05, 3.63) is 11.6 Å². The van der Waals surface area contributed by atoms with Crippen LogP contribution in [-0.4, -0.2) is 36.7 Å². The predicted octanol–water partition coefficient (Wildman–Crippen LogP) is 0.440. The summed E-state index contributed by atoms with van der Waals surface area (Å²) in [7, 11) is 0. The molecule has 0 aliphatic heterocycles. The Labute approximate surface area is 106 Å². The molecule has 9 heteroatoms. The Hall–Kier alpha value is -2.03. The summed E-state index contributed by atoms with van der Waals surface area (Å²) in [4.78, 5) is 14.6. The Morgan fingerprint density at radius 2 is 2.22 bits per heavy atom. The lowest BCUT2D eigenvalue weighted by atomic mass is 10.3. The minimum absolute atomic E-state index is 0.135. The molecule has 0 aromatic carbocycles. The van der Waals surface area contributed by atoms with Gasteiger partial charge in [-0.1, -0.05) is 11.8 Å². The number of nitrogen functional groups attached to an aromatic ring is 1. The highest BCUT2D eigenvalue weighted by Crippen LogP contribution is 2.24. The average Bonchev–Trinajstić information content (AvgIpc) is 2.79. The molecule has 96 valence electrons. The largest absolute Gasteiger partial charge is 0.481 e.